The van der Waals surface area contributed by atoms with Gasteiger partial charge in [0.25, 0.3) is 0 Å². The molecule has 0 aromatic carbocycles. The standard InChI is InChI=1S/C10H14ClN3O2/c1-7-10(15,3-5-16-7)6-13-8-2-4-12-9(11)14-8/h2,4,7,15H,3,5-6H2,1H3,(H,12,13,14). The van der Waals surface area contributed by atoms with E-state index in [-0.39, 0.29) is 11.4 Å². The molecule has 1 saturated heterocycles. The SMILES string of the molecule is CC1OCCC1(O)CNc1ccnc(Cl)n1. The normalized spacial score (nSPS) is 29.3. The summed E-state index contributed by atoms with van der Waals surface area (Å²) in [4.78, 5) is 7.76. The summed E-state index contributed by atoms with van der Waals surface area (Å²) in [6.45, 7) is 2.84. The minimum absolute atomic E-state index is 0.169. The van der Waals surface area contributed by atoms with Crippen LogP contribution >= 0.6 is 11.6 Å². The van der Waals surface area contributed by atoms with Crippen LogP contribution in [0.4, 0.5) is 5.82 Å². The third-order valence-corrected chi connectivity index (χ3v) is 3.04. The number of rotatable bonds is 3. The third-order valence-electron chi connectivity index (χ3n) is 2.86. The Morgan fingerprint density at radius 3 is 3.19 bits per heavy atom. The number of aromatic nitrogens is 2. The van der Waals surface area contributed by atoms with Crippen LogP contribution in [-0.2, 0) is 4.74 Å². The maximum Gasteiger partial charge on any atom is 0.224 e. The molecule has 16 heavy (non-hydrogen) atoms. The molecule has 0 spiro atoms. The predicted molar refractivity (Wildman–Crippen MR) is 60.5 cm³/mol. The Bertz CT molecular complexity index is 377. The lowest BCUT2D eigenvalue weighted by Gasteiger charge is -2.26. The Morgan fingerprint density at radius 2 is 2.56 bits per heavy atom. The van der Waals surface area contributed by atoms with Crippen molar-refractivity contribution in [2.45, 2.75) is 25.0 Å². The van der Waals surface area contributed by atoms with Crippen LogP contribution < -0.4 is 5.32 Å². The molecule has 2 heterocycles. The third kappa shape index (κ3) is 2.42. The van der Waals surface area contributed by atoms with Crippen LogP contribution in [0.2, 0.25) is 5.28 Å². The molecule has 0 radical (unpaired) electrons. The molecule has 0 saturated carbocycles. The van der Waals surface area contributed by atoms with E-state index in [1.807, 2.05) is 6.92 Å². The quantitative estimate of drug-likeness (QED) is 0.778. The van der Waals surface area contributed by atoms with E-state index in [1.165, 1.54) is 0 Å². The molecular weight excluding hydrogens is 230 g/mol. The number of ether oxygens (including phenoxy) is 1. The highest BCUT2D eigenvalue weighted by molar-refractivity contribution is 6.28. The number of anilines is 1. The molecule has 1 aromatic rings. The minimum Gasteiger partial charge on any atom is -0.385 e. The van der Waals surface area contributed by atoms with E-state index in [1.54, 1.807) is 12.3 Å². The van der Waals surface area contributed by atoms with Gasteiger partial charge in [0, 0.05) is 25.8 Å². The molecule has 2 N–H and O–H groups in total. The topological polar surface area (TPSA) is 67.3 Å². The summed E-state index contributed by atoms with van der Waals surface area (Å²) in [7, 11) is 0. The molecule has 1 aromatic heterocycles. The molecule has 0 aliphatic carbocycles. The fraction of sp³-hybridized carbons (Fsp3) is 0.600. The van der Waals surface area contributed by atoms with E-state index in [9.17, 15) is 5.11 Å². The number of hydrogen-bond acceptors (Lipinski definition) is 5. The number of halogens is 1. The van der Waals surface area contributed by atoms with Gasteiger partial charge in [0.15, 0.2) is 0 Å². The van der Waals surface area contributed by atoms with Crippen molar-refractivity contribution in [3.05, 3.63) is 17.5 Å². The Kier molecular flexibility index (Phi) is 3.28. The highest BCUT2D eigenvalue weighted by Crippen LogP contribution is 2.25. The molecule has 2 rings (SSSR count). The summed E-state index contributed by atoms with van der Waals surface area (Å²) in [5, 5.41) is 13.4. The highest BCUT2D eigenvalue weighted by atomic mass is 35.5. The first kappa shape index (κ1) is 11.6. The van der Waals surface area contributed by atoms with Crippen molar-refractivity contribution in [2.75, 3.05) is 18.5 Å². The van der Waals surface area contributed by atoms with Crippen LogP contribution in [0, 0.1) is 0 Å². The monoisotopic (exact) mass is 243 g/mol. The second-order valence-corrected chi connectivity index (χ2v) is 4.27. The first-order chi connectivity index (χ1) is 7.60. The molecule has 1 aliphatic rings. The summed E-state index contributed by atoms with van der Waals surface area (Å²) < 4.78 is 5.33. The number of nitrogens with one attached hydrogen (secondary N) is 1. The van der Waals surface area contributed by atoms with Gasteiger partial charge >= 0.3 is 0 Å². The van der Waals surface area contributed by atoms with Gasteiger partial charge in [-0.3, -0.25) is 0 Å². The first-order valence-corrected chi connectivity index (χ1v) is 5.54. The number of aliphatic hydroxyl groups is 1. The van der Waals surface area contributed by atoms with Crippen LogP contribution in [0.3, 0.4) is 0 Å². The fourth-order valence-electron chi connectivity index (χ4n) is 1.68. The lowest BCUT2D eigenvalue weighted by molar-refractivity contribution is -0.0176. The van der Waals surface area contributed by atoms with E-state index in [2.05, 4.69) is 15.3 Å². The Labute approximate surface area is 98.8 Å². The molecule has 2 unspecified atom stereocenters. The van der Waals surface area contributed by atoms with Crippen molar-refractivity contribution in [3.8, 4) is 0 Å². The van der Waals surface area contributed by atoms with Crippen molar-refractivity contribution < 1.29 is 9.84 Å². The average molecular weight is 244 g/mol. The molecular formula is C10H14ClN3O2. The van der Waals surface area contributed by atoms with Crippen LogP contribution in [0.15, 0.2) is 12.3 Å². The van der Waals surface area contributed by atoms with Gasteiger partial charge in [-0.1, -0.05) is 0 Å². The summed E-state index contributed by atoms with van der Waals surface area (Å²) in [6.07, 6.45) is 2.02. The number of nitrogens with zero attached hydrogens (tertiary/aromatic N) is 2. The van der Waals surface area contributed by atoms with Crippen molar-refractivity contribution in [1.82, 2.24) is 9.97 Å². The first-order valence-electron chi connectivity index (χ1n) is 5.16. The fourth-order valence-corrected chi connectivity index (χ4v) is 1.83. The van der Waals surface area contributed by atoms with E-state index >= 15 is 0 Å². The van der Waals surface area contributed by atoms with E-state index in [0.717, 1.165) is 0 Å². The van der Waals surface area contributed by atoms with Gasteiger partial charge < -0.3 is 15.2 Å². The minimum atomic E-state index is -0.836. The van der Waals surface area contributed by atoms with Gasteiger partial charge in [-0.25, -0.2) is 9.97 Å². The summed E-state index contributed by atoms with van der Waals surface area (Å²) in [5.41, 5.74) is -0.836. The molecule has 5 nitrogen and oxygen atoms in total. The highest BCUT2D eigenvalue weighted by Gasteiger charge is 2.39. The molecule has 2 atom stereocenters. The molecule has 0 amide bonds. The predicted octanol–water partition coefficient (Wildman–Crippen LogP) is 1.08. The maximum atomic E-state index is 10.2. The van der Waals surface area contributed by atoms with E-state index in [4.69, 9.17) is 16.3 Å². The van der Waals surface area contributed by atoms with Crippen molar-refractivity contribution in [3.63, 3.8) is 0 Å². The lowest BCUT2D eigenvalue weighted by Crippen LogP contribution is -2.43. The molecule has 1 aliphatic heterocycles. The zero-order valence-corrected chi connectivity index (χ0v) is 9.74. The van der Waals surface area contributed by atoms with Gasteiger partial charge in [-0.05, 0) is 24.6 Å². The Morgan fingerprint density at radius 1 is 1.75 bits per heavy atom. The maximum absolute atomic E-state index is 10.2. The van der Waals surface area contributed by atoms with E-state index in [0.29, 0.717) is 25.4 Å². The average Bonchev–Trinajstić information content (AvgIpc) is 2.58. The molecule has 6 heteroatoms. The largest absolute Gasteiger partial charge is 0.385 e. The van der Waals surface area contributed by atoms with Crippen LogP contribution in [0.25, 0.3) is 0 Å². The van der Waals surface area contributed by atoms with Gasteiger partial charge in [0.2, 0.25) is 5.28 Å². The van der Waals surface area contributed by atoms with Gasteiger partial charge in [-0.15, -0.1) is 0 Å². The lowest BCUT2D eigenvalue weighted by atomic mass is 9.97. The molecule has 88 valence electrons. The van der Waals surface area contributed by atoms with Gasteiger partial charge in [-0.2, -0.15) is 0 Å². The smallest absolute Gasteiger partial charge is 0.224 e. The van der Waals surface area contributed by atoms with Gasteiger partial charge in [0.05, 0.1) is 6.10 Å². The van der Waals surface area contributed by atoms with Gasteiger partial charge in [0.1, 0.15) is 11.4 Å². The second-order valence-electron chi connectivity index (χ2n) is 3.93. The zero-order valence-electron chi connectivity index (χ0n) is 8.98. The van der Waals surface area contributed by atoms with Crippen molar-refractivity contribution in [2.24, 2.45) is 0 Å². The van der Waals surface area contributed by atoms with Crippen molar-refractivity contribution >= 4 is 17.4 Å². The summed E-state index contributed by atoms with van der Waals surface area (Å²) >= 11 is 5.65. The van der Waals surface area contributed by atoms with E-state index < -0.39 is 5.60 Å². The zero-order chi connectivity index (χ0) is 11.6. The molecule has 0 bridgehead atoms. The summed E-state index contributed by atoms with van der Waals surface area (Å²) in [6, 6.07) is 1.70. The van der Waals surface area contributed by atoms with Crippen molar-refractivity contribution in [1.29, 1.82) is 0 Å². The van der Waals surface area contributed by atoms with Crippen LogP contribution in [-0.4, -0.2) is 39.9 Å². The molecule has 1 fully saturated rings. The Hall–Kier alpha value is -0.910. The second kappa shape index (κ2) is 4.53. The van der Waals surface area contributed by atoms with Crippen LogP contribution in [0.5, 0.6) is 0 Å². The van der Waals surface area contributed by atoms with Crippen LogP contribution in [0.1, 0.15) is 13.3 Å². The number of hydrogen-bond donors (Lipinski definition) is 2. The summed E-state index contributed by atoms with van der Waals surface area (Å²) in [5.74, 6) is 0.604. The Balaban J connectivity index is 1.97.